The molecule has 0 aliphatic carbocycles. The van der Waals surface area contributed by atoms with Gasteiger partial charge in [0.05, 0.1) is 17.6 Å². The molecule has 1 unspecified atom stereocenters. The highest BCUT2D eigenvalue weighted by atomic mass is 32.2. The molecule has 7 heteroatoms. The number of primary amides is 1. The quantitative estimate of drug-likeness (QED) is 0.329. The number of aromatic nitrogens is 2. The number of H-pyrrole nitrogens is 1. The van der Waals surface area contributed by atoms with Crippen molar-refractivity contribution < 1.29 is 9.59 Å². The molecule has 2 amide bonds. The van der Waals surface area contributed by atoms with Crippen LogP contribution < -0.4 is 10.2 Å². The molecule has 4 aromatic rings. The molecular formula is C26H25N4O2S+. The van der Waals surface area contributed by atoms with Gasteiger partial charge in [-0.2, -0.15) is 0 Å². The zero-order valence-electron chi connectivity index (χ0n) is 18.1. The molecule has 0 radical (unpaired) electrons. The van der Waals surface area contributed by atoms with Gasteiger partial charge in [0.1, 0.15) is 11.4 Å². The lowest BCUT2D eigenvalue weighted by Crippen LogP contribution is -2.62. The maximum Gasteiger partial charge on any atom is 0.329 e. The van der Waals surface area contributed by atoms with Gasteiger partial charge in [-0.25, -0.2) is 14.3 Å². The largest absolute Gasteiger partial charge is 0.364 e. The number of thioether (sulfide) groups is 1. The summed E-state index contributed by atoms with van der Waals surface area (Å²) in [7, 11) is 0. The van der Waals surface area contributed by atoms with Crippen LogP contribution >= 0.6 is 11.8 Å². The summed E-state index contributed by atoms with van der Waals surface area (Å²) in [6.07, 6.45) is 1.37. The molecule has 33 heavy (non-hydrogen) atoms. The van der Waals surface area contributed by atoms with Gasteiger partial charge >= 0.3 is 5.91 Å². The second-order valence-corrected chi connectivity index (χ2v) is 9.27. The molecule has 1 aliphatic rings. The molecule has 2 heterocycles. The number of carbonyl (C=O) groups excluding carboxylic acids is 2. The van der Waals surface area contributed by atoms with Crippen LogP contribution in [0.4, 0.5) is 5.69 Å². The average molecular weight is 458 g/mol. The van der Waals surface area contributed by atoms with Crippen LogP contribution in [0, 0.1) is 0 Å². The summed E-state index contributed by atoms with van der Waals surface area (Å²) >= 11 is 1.36. The molecule has 0 saturated carbocycles. The molecule has 1 fully saturated rings. The topological polar surface area (TPSA) is 88.8 Å². The van der Waals surface area contributed by atoms with Crippen molar-refractivity contribution in [3.8, 4) is 11.1 Å². The van der Waals surface area contributed by atoms with Gasteiger partial charge in [-0.3, -0.25) is 4.79 Å². The fourth-order valence-electron chi connectivity index (χ4n) is 4.83. The van der Waals surface area contributed by atoms with Gasteiger partial charge in [0.25, 0.3) is 5.91 Å². The van der Waals surface area contributed by atoms with E-state index in [1.807, 2.05) is 78.9 Å². The molecule has 1 aromatic heterocycles. The minimum Gasteiger partial charge on any atom is -0.364 e. The fraction of sp³-hybridized carbons (Fsp3) is 0.192. The number of nitrogens with one attached hydrogen (secondary N) is 1. The van der Waals surface area contributed by atoms with E-state index in [9.17, 15) is 9.59 Å². The van der Waals surface area contributed by atoms with Gasteiger partial charge in [0, 0.05) is 18.9 Å². The second kappa shape index (κ2) is 8.84. The lowest BCUT2D eigenvalue weighted by molar-refractivity contribution is -0.134. The van der Waals surface area contributed by atoms with Crippen molar-refractivity contribution in [1.29, 1.82) is 0 Å². The molecule has 2 atom stereocenters. The smallest absolute Gasteiger partial charge is 0.329 e. The zero-order chi connectivity index (χ0) is 22.8. The number of rotatable bonds is 6. The Bertz CT molecular complexity index is 1290. The Morgan fingerprint density at radius 1 is 1.00 bits per heavy atom. The Morgan fingerprint density at radius 3 is 2.55 bits per heavy atom. The minimum absolute atomic E-state index is 0.0352. The average Bonchev–Trinajstić information content (AvgIpc) is 3.48. The standard InChI is InChI=1S/C26H24N4O2S/c27-25(32)23-14-7-15-30(23,20-11-6-10-19(16-20)18-8-2-1-3-9-18)24(31)17-33-26-28-21-12-4-5-13-22(21)29-26/h1-6,8-13,16,23H,7,14-15,17H2,(H2-,27,28,29,32)/p+1/t23-,30?/m0/s1. The molecule has 6 nitrogen and oxygen atoms in total. The van der Waals surface area contributed by atoms with Crippen molar-refractivity contribution in [3.63, 3.8) is 0 Å². The predicted octanol–water partition coefficient (Wildman–Crippen LogP) is 4.50. The SMILES string of the molecule is NC(=O)[C@@H]1CCC[N+]1(C(=O)CSc1nc2ccccc2[nH]1)c1cccc(-c2ccccc2)c1. The van der Waals surface area contributed by atoms with Gasteiger partial charge in [0.15, 0.2) is 11.2 Å². The number of imidazole rings is 1. The minimum atomic E-state index is -0.570. The van der Waals surface area contributed by atoms with Gasteiger partial charge in [-0.15, -0.1) is 0 Å². The normalized spacial score (nSPS) is 20.2. The Balaban J connectivity index is 1.49. The Morgan fingerprint density at radius 2 is 1.76 bits per heavy atom. The van der Waals surface area contributed by atoms with E-state index >= 15 is 0 Å². The first-order chi connectivity index (χ1) is 16.1. The third-order valence-corrected chi connectivity index (χ3v) is 7.27. The van der Waals surface area contributed by atoms with Crippen LogP contribution in [0.25, 0.3) is 22.2 Å². The first kappa shape index (κ1) is 21.4. The number of nitrogens with zero attached hydrogens (tertiary/aromatic N) is 2. The zero-order valence-corrected chi connectivity index (χ0v) is 18.9. The van der Waals surface area contributed by atoms with Gasteiger partial charge < -0.3 is 10.7 Å². The fourth-order valence-corrected chi connectivity index (χ4v) is 5.66. The number of hydrogen-bond acceptors (Lipinski definition) is 4. The maximum atomic E-state index is 13.8. The Labute approximate surface area is 196 Å². The van der Waals surface area contributed by atoms with Crippen LogP contribution in [0.3, 0.4) is 0 Å². The summed E-state index contributed by atoms with van der Waals surface area (Å²) < 4.78 is -0.0385. The number of benzene rings is 3. The summed E-state index contributed by atoms with van der Waals surface area (Å²) in [6.45, 7) is 0.561. The first-order valence-corrected chi connectivity index (χ1v) is 12.0. The molecule has 3 N–H and O–H groups in total. The maximum absolute atomic E-state index is 13.8. The van der Waals surface area contributed by atoms with Gasteiger partial charge in [-0.05, 0) is 29.3 Å². The number of likely N-dealkylation sites (tertiary alicyclic amines) is 1. The van der Waals surface area contributed by atoms with Gasteiger partial charge in [-0.1, -0.05) is 66.4 Å². The number of aromatic amines is 1. The molecule has 1 aliphatic heterocycles. The first-order valence-electron chi connectivity index (χ1n) is 11.0. The molecule has 1 saturated heterocycles. The van der Waals surface area contributed by atoms with Crippen molar-refractivity contribution in [2.75, 3.05) is 12.3 Å². The van der Waals surface area contributed by atoms with Crippen LogP contribution in [0.15, 0.2) is 84.0 Å². The number of carbonyl (C=O) groups is 2. The van der Waals surface area contributed by atoms with E-state index in [1.165, 1.54) is 11.8 Å². The van der Waals surface area contributed by atoms with Crippen LogP contribution in [-0.2, 0) is 9.59 Å². The molecule has 3 aromatic carbocycles. The van der Waals surface area contributed by atoms with Crippen LogP contribution in [0.2, 0.25) is 0 Å². The second-order valence-electron chi connectivity index (χ2n) is 8.31. The lowest BCUT2D eigenvalue weighted by atomic mass is 10.0. The number of para-hydroxylation sites is 2. The van der Waals surface area contributed by atoms with Crippen molar-refractivity contribution in [2.45, 2.75) is 24.0 Å². The van der Waals surface area contributed by atoms with E-state index in [0.29, 0.717) is 18.1 Å². The summed E-state index contributed by atoms with van der Waals surface area (Å²) in [5.74, 6) is -0.272. The third-order valence-electron chi connectivity index (χ3n) is 6.41. The van der Waals surface area contributed by atoms with Crippen LogP contribution in [-0.4, -0.2) is 40.1 Å². The third kappa shape index (κ3) is 3.94. The predicted molar refractivity (Wildman–Crippen MR) is 133 cm³/mol. The van der Waals surface area contributed by atoms with Crippen molar-refractivity contribution in [1.82, 2.24) is 14.5 Å². The van der Waals surface area contributed by atoms with Crippen LogP contribution in [0.1, 0.15) is 12.8 Å². The molecule has 0 bridgehead atoms. The highest BCUT2D eigenvalue weighted by molar-refractivity contribution is 7.99. The van der Waals surface area contributed by atoms with E-state index in [0.717, 1.165) is 34.3 Å². The number of hydrogen-bond donors (Lipinski definition) is 2. The highest BCUT2D eigenvalue weighted by Gasteiger charge is 2.52. The monoisotopic (exact) mass is 457 g/mol. The van der Waals surface area contributed by atoms with Crippen molar-refractivity contribution in [2.24, 2.45) is 5.73 Å². The van der Waals surface area contributed by atoms with E-state index in [1.54, 1.807) is 0 Å². The molecule has 0 spiro atoms. The van der Waals surface area contributed by atoms with Crippen molar-refractivity contribution >= 4 is 40.3 Å². The number of nitrogens with two attached hydrogens (primary N) is 1. The van der Waals surface area contributed by atoms with Crippen molar-refractivity contribution in [3.05, 3.63) is 78.9 Å². The van der Waals surface area contributed by atoms with E-state index in [4.69, 9.17) is 5.73 Å². The number of quaternary nitrogens is 1. The number of amides is 2. The van der Waals surface area contributed by atoms with Gasteiger partial charge in [0.2, 0.25) is 0 Å². The van der Waals surface area contributed by atoms with Crippen LogP contribution in [0.5, 0.6) is 0 Å². The molecular weight excluding hydrogens is 432 g/mol. The summed E-state index contributed by atoms with van der Waals surface area (Å²) in [6, 6.07) is 25.2. The summed E-state index contributed by atoms with van der Waals surface area (Å²) in [4.78, 5) is 34.1. The van der Waals surface area contributed by atoms with E-state index in [2.05, 4.69) is 9.97 Å². The molecule has 5 rings (SSSR count). The Kier molecular flexibility index (Phi) is 5.74. The van der Waals surface area contributed by atoms with E-state index in [-0.39, 0.29) is 16.1 Å². The Hall–Kier alpha value is -3.42. The molecule has 166 valence electrons. The highest BCUT2D eigenvalue weighted by Crippen LogP contribution is 2.38. The number of fused-ring (bicyclic) bond motifs is 1. The summed E-state index contributed by atoms with van der Waals surface area (Å²) in [5, 5.41) is 0.690. The van der Waals surface area contributed by atoms with E-state index < -0.39 is 11.9 Å². The summed E-state index contributed by atoms with van der Waals surface area (Å²) in [5.41, 5.74) is 10.5. The lowest BCUT2D eigenvalue weighted by Gasteiger charge is -2.35.